The number of rotatable bonds is 4. The van der Waals surface area contributed by atoms with Gasteiger partial charge in [-0.15, -0.1) is 0 Å². The van der Waals surface area contributed by atoms with Crippen molar-refractivity contribution in [3.8, 4) is 11.4 Å². The van der Waals surface area contributed by atoms with E-state index in [1.54, 1.807) is 31.7 Å². The standard InChI is InChI=1S/C21H17FN4O2/c1-13-11-26(12-23-13)17-8-6-14(10-18(17)28-2)7-9-19-24-16-5-3-4-15(22)20(16)21(27)25-19/h3-12H,1-2H3,(H,24,25,27)/b9-7+. The van der Waals surface area contributed by atoms with E-state index in [2.05, 4.69) is 15.0 Å². The van der Waals surface area contributed by atoms with Crippen LogP contribution < -0.4 is 10.3 Å². The van der Waals surface area contributed by atoms with E-state index in [1.807, 2.05) is 35.9 Å². The van der Waals surface area contributed by atoms with E-state index in [-0.39, 0.29) is 5.39 Å². The number of aromatic nitrogens is 4. The lowest BCUT2D eigenvalue weighted by Crippen LogP contribution is -2.11. The Morgan fingerprint density at radius 2 is 2.07 bits per heavy atom. The van der Waals surface area contributed by atoms with Crippen LogP contribution in [0.15, 0.2) is 53.7 Å². The lowest BCUT2D eigenvalue weighted by atomic mass is 10.1. The van der Waals surface area contributed by atoms with Crippen LogP contribution in [0, 0.1) is 12.7 Å². The van der Waals surface area contributed by atoms with Gasteiger partial charge in [0, 0.05) is 6.20 Å². The number of aryl methyl sites for hydroxylation is 1. The molecule has 0 saturated heterocycles. The van der Waals surface area contributed by atoms with E-state index in [9.17, 15) is 9.18 Å². The van der Waals surface area contributed by atoms with Gasteiger partial charge in [0.2, 0.25) is 0 Å². The molecule has 140 valence electrons. The van der Waals surface area contributed by atoms with Crippen molar-refractivity contribution in [2.24, 2.45) is 0 Å². The normalized spacial score (nSPS) is 11.4. The molecule has 0 atom stereocenters. The topological polar surface area (TPSA) is 72.8 Å². The summed E-state index contributed by atoms with van der Waals surface area (Å²) in [5.41, 5.74) is 2.44. The molecule has 1 N–H and O–H groups in total. The highest BCUT2D eigenvalue weighted by molar-refractivity contribution is 5.79. The van der Waals surface area contributed by atoms with Crippen molar-refractivity contribution in [2.45, 2.75) is 6.92 Å². The van der Waals surface area contributed by atoms with Crippen LogP contribution in [0.5, 0.6) is 5.75 Å². The number of nitrogens with zero attached hydrogens (tertiary/aromatic N) is 3. The molecule has 0 aliphatic carbocycles. The fraction of sp³-hybridized carbons (Fsp3) is 0.0952. The second-order valence-corrected chi connectivity index (χ2v) is 6.27. The first-order valence-electron chi connectivity index (χ1n) is 8.61. The molecule has 0 fully saturated rings. The Morgan fingerprint density at radius 3 is 2.82 bits per heavy atom. The molecular weight excluding hydrogens is 359 g/mol. The van der Waals surface area contributed by atoms with Crippen molar-refractivity contribution >= 4 is 23.1 Å². The maximum atomic E-state index is 13.8. The van der Waals surface area contributed by atoms with Crippen LogP contribution in [0.4, 0.5) is 4.39 Å². The van der Waals surface area contributed by atoms with E-state index in [0.717, 1.165) is 16.9 Å². The van der Waals surface area contributed by atoms with E-state index < -0.39 is 11.4 Å². The number of fused-ring (bicyclic) bond motifs is 1. The highest BCUT2D eigenvalue weighted by atomic mass is 19.1. The molecule has 2 aromatic heterocycles. The number of halogens is 1. The van der Waals surface area contributed by atoms with Crippen LogP contribution in [0.2, 0.25) is 0 Å². The average Bonchev–Trinajstić information content (AvgIpc) is 3.12. The molecule has 0 saturated carbocycles. The number of hydrogen-bond acceptors (Lipinski definition) is 4. The summed E-state index contributed by atoms with van der Waals surface area (Å²) in [5, 5.41) is -0.0405. The predicted molar refractivity (Wildman–Crippen MR) is 106 cm³/mol. The second-order valence-electron chi connectivity index (χ2n) is 6.27. The van der Waals surface area contributed by atoms with Crippen LogP contribution in [-0.4, -0.2) is 26.6 Å². The Hall–Kier alpha value is -3.74. The van der Waals surface area contributed by atoms with Crippen molar-refractivity contribution in [3.05, 3.63) is 82.2 Å². The molecule has 0 amide bonds. The molecule has 0 unspecified atom stereocenters. The van der Waals surface area contributed by atoms with Crippen LogP contribution in [0.3, 0.4) is 0 Å². The van der Waals surface area contributed by atoms with Crippen molar-refractivity contribution in [2.75, 3.05) is 7.11 Å². The molecule has 0 spiro atoms. The maximum Gasteiger partial charge on any atom is 0.262 e. The number of nitrogens with one attached hydrogen (secondary N) is 1. The quantitative estimate of drug-likeness (QED) is 0.589. The van der Waals surface area contributed by atoms with Crippen molar-refractivity contribution < 1.29 is 9.13 Å². The van der Waals surface area contributed by atoms with Gasteiger partial charge in [0.25, 0.3) is 5.56 Å². The summed E-state index contributed by atoms with van der Waals surface area (Å²) in [5.74, 6) is 0.440. The van der Waals surface area contributed by atoms with Gasteiger partial charge in [-0.25, -0.2) is 14.4 Å². The number of methoxy groups -OCH3 is 1. The van der Waals surface area contributed by atoms with Crippen molar-refractivity contribution in [3.63, 3.8) is 0 Å². The number of imidazole rings is 1. The van der Waals surface area contributed by atoms with Gasteiger partial charge in [0.1, 0.15) is 22.8 Å². The minimum atomic E-state index is -0.586. The molecule has 6 nitrogen and oxygen atoms in total. The molecule has 0 aliphatic rings. The molecule has 4 rings (SSSR count). The molecular formula is C21H17FN4O2. The Morgan fingerprint density at radius 1 is 1.21 bits per heavy atom. The average molecular weight is 376 g/mol. The van der Waals surface area contributed by atoms with Crippen molar-refractivity contribution in [1.82, 2.24) is 19.5 Å². The molecule has 4 aromatic rings. The number of ether oxygens (including phenoxy) is 1. The lowest BCUT2D eigenvalue weighted by molar-refractivity contribution is 0.413. The van der Waals surface area contributed by atoms with Crippen LogP contribution >= 0.6 is 0 Å². The Labute approximate surface area is 160 Å². The Balaban J connectivity index is 1.68. The highest BCUT2D eigenvalue weighted by Gasteiger charge is 2.08. The van der Waals surface area contributed by atoms with Gasteiger partial charge in [0.05, 0.1) is 30.3 Å². The maximum absolute atomic E-state index is 13.8. The van der Waals surface area contributed by atoms with Gasteiger partial charge in [-0.3, -0.25) is 4.79 Å². The van der Waals surface area contributed by atoms with Gasteiger partial charge >= 0.3 is 0 Å². The lowest BCUT2D eigenvalue weighted by Gasteiger charge is -2.10. The number of hydrogen-bond donors (Lipinski definition) is 1. The predicted octanol–water partition coefficient (Wildman–Crippen LogP) is 3.74. The fourth-order valence-corrected chi connectivity index (χ4v) is 2.99. The molecule has 7 heteroatoms. The van der Waals surface area contributed by atoms with Gasteiger partial charge < -0.3 is 14.3 Å². The minimum Gasteiger partial charge on any atom is -0.495 e. The van der Waals surface area contributed by atoms with Gasteiger partial charge in [0.15, 0.2) is 0 Å². The summed E-state index contributed by atoms with van der Waals surface area (Å²) in [6.45, 7) is 1.92. The third kappa shape index (κ3) is 3.29. The third-order valence-electron chi connectivity index (χ3n) is 4.33. The Bertz CT molecular complexity index is 1260. The second kappa shape index (κ2) is 7.11. The molecule has 2 heterocycles. The SMILES string of the molecule is COc1cc(/C=C/c2nc3cccc(F)c3c(=O)[nH]2)ccc1-n1cnc(C)c1. The molecule has 0 bridgehead atoms. The summed E-state index contributed by atoms with van der Waals surface area (Å²) in [6.07, 6.45) is 7.11. The number of aromatic amines is 1. The van der Waals surface area contributed by atoms with Crippen LogP contribution in [0.1, 0.15) is 17.1 Å². The largest absolute Gasteiger partial charge is 0.495 e. The monoisotopic (exact) mass is 376 g/mol. The van der Waals surface area contributed by atoms with E-state index >= 15 is 0 Å². The zero-order valence-electron chi connectivity index (χ0n) is 15.3. The first kappa shape index (κ1) is 17.7. The first-order valence-corrected chi connectivity index (χ1v) is 8.61. The number of H-pyrrole nitrogens is 1. The smallest absolute Gasteiger partial charge is 0.262 e. The molecule has 0 radical (unpaired) electrons. The van der Waals surface area contributed by atoms with Gasteiger partial charge in [-0.2, -0.15) is 0 Å². The van der Waals surface area contributed by atoms with Gasteiger partial charge in [-0.1, -0.05) is 18.2 Å². The first-order chi connectivity index (χ1) is 13.5. The number of benzene rings is 2. The third-order valence-corrected chi connectivity index (χ3v) is 4.33. The summed E-state index contributed by atoms with van der Waals surface area (Å²) in [7, 11) is 1.60. The van der Waals surface area contributed by atoms with Crippen molar-refractivity contribution in [1.29, 1.82) is 0 Å². The zero-order chi connectivity index (χ0) is 19.7. The molecule has 28 heavy (non-hydrogen) atoms. The summed E-state index contributed by atoms with van der Waals surface area (Å²) in [6, 6.07) is 10.1. The summed E-state index contributed by atoms with van der Waals surface area (Å²) >= 11 is 0. The minimum absolute atomic E-state index is 0.0405. The highest BCUT2D eigenvalue weighted by Crippen LogP contribution is 2.25. The van der Waals surface area contributed by atoms with E-state index in [1.165, 1.54) is 12.1 Å². The van der Waals surface area contributed by atoms with Gasteiger partial charge in [-0.05, 0) is 42.8 Å². The fourth-order valence-electron chi connectivity index (χ4n) is 2.99. The van der Waals surface area contributed by atoms with E-state index in [0.29, 0.717) is 17.1 Å². The van der Waals surface area contributed by atoms with E-state index in [4.69, 9.17) is 4.74 Å². The molecule has 0 aliphatic heterocycles. The van der Waals surface area contributed by atoms with Crippen LogP contribution in [-0.2, 0) is 0 Å². The molecule has 2 aromatic carbocycles. The van der Waals surface area contributed by atoms with Crippen LogP contribution in [0.25, 0.3) is 28.7 Å². The summed E-state index contributed by atoms with van der Waals surface area (Å²) < 4.78 is 21.2. The summed E-state index contributed by atoms with van der Waals surface area (Å²) in [4.78, 5) is 23.3. The zero-order valence-corrected chi connectivity index (χ0v) is 15.3. The Kier molecular flexibility index (Phi) is 4.49.